The summed E-state index contributed by atoms with van der Waals surface area (Å²) in [7, 11) is 0. The summed E-state index contributed by atoms with van der Waals surface area (Å²) in [4.78, 5) is 0. The summed E-state index contributed by atoms with van der Waals surface area (Å²) in [6, 6.07) is 0. The Balaban J connectivity index is 0.00000211. The van der Waals surface area contributed by atoms with Crippen LogP contribution in [0.2, 0.25) is 0 Å². The van der Waals surface area contributed by atoms with E-state index in [-0.39, 0.29) is 0 Å². The zero-order chi connectivity index (χ0) is 16.5. The Morgan fingerprint density at radius 1 is 0.636 bits per heavy atom. The van der Waals surface area contributed by atoms with Crippen molar-refractivity contribution >= 4 is 0 Å². The number of rotatable bonds is 12. The number of likely N-dealkylation sites (tertiary alicyclic amines) is 1. The highest BCUT2D eigenvalue weighted by atomic mass is 15.3. The van der Waals surface area contributed by atoms with Crippen molar-refractivity contribution in [3.8, 4) is 0 Å². The van der Waals surface area contributed by atoms with Crippen molar-refractivity contribution in [1.82, 2.24) is 0 Å². The number of hydrogen-bond donors (Lipinski definition) is 0. The number of unbranched alkanes of at least 4 members (excludes halogenated alkanes) is 8. The van der Waals surface area contributed by atoms with Crippen molar-refractivity contribution in [1.29, 1.82) is 5.26 Å². The normalized spacial score (nSPS) is 16.7. The van der Waals surface area contributed by atoms with Gasteiger partial charge in [0.25, 0.3) is 0 Å². The van der Waals surface area contributed by atoms with Crippen LogP contribution in [0.4, 0.5) is 0 Å². The van der Waals surface area contributed by atoms with Crippen LogP contribution in [0, 0.1) is 11.8 Å². The van der Waals surface area contributed by atoms with Gasteiger partial charge in [-0.3, -0.25) is 0 Å². The Kier molecular flexibility index (Phi) is 15.0. The standard InChI is InChI=1S/C19H40N.CN/c1-3-5-7-8-9-10-11-13-17-20(16-6-4-2)18-14-12-15-19-20;1-2/h3-19H2,1-2H3;/q+1;-1. The molecule has 0 spiro atoms. The van der Waals surface area contributed by atoms with E-state index in [1.807, 2.05) is 0 Å². The zero-order valence-corrected chi connectivity index (χ0v) is 15.4. The SMILES string of the molecule is CCCCCCCCCC[N+]1(CCCC)CCCCC1.[C-]#N. The van der Waals surface area contributed by atoms with Crippen LogP contribution in [-0.4, -0.2) is 30.7 Å². The second kappa shape index (κ2) is 15.3. The van der Waals surface area contributed by atoms with Gasteiger partial charge in [-0.1, -0.05) is 58.8 Å². The van der Waals surface area contributed by atoms with Gasteiger partial charge in [0.15, 0.2) is 0 Å². The minimum atomic E-state index is 1.37. The molecule has 1 aliphatic heterocycles. The first-order chi connectivity index (χ1) is 10.8. The molecule has 0 radical (unpaired) electrons. The van der Waals surface area contributed by atoms with Gasteiger partial charge >= 0.3 is 0 Å². The third-order valence-corrected chi connectivity index (χ3v) is 5.24. The number of hydrogen-bond acceptors (Lipinski definition) is 1. The van der Waals surface area contributed by atoms with Gasteiger partial charge in [-0.25, -0.2) is 0 Å². The van der Waals surface area contributed by atoms with E-state index in [2.05, 4.69) is 13.8 Å². The molecule has 2 nitrogen and oxygen atoms in total. The van der Waals surface area contributed by atoms with Crippen LogP contribution in [0.3, 0.4) is 0 Å². The maximum absolute atomic E-state index is 6.25. The molecule has 0 aromatic heterocycles. The lowest BCUT2D eigenvalue weighted by atomic mass is 10.0. The summed E-state index contributed by atoms with van der Waals surface area (Å²) in [6.45, 7) is 15.3. The summed E-state index contributed by atoms with van der Waals surface area (Å²) < 4.78 is 1.48. The average Bonchev–Trinajstić information content (AvgIpc) is 2.58. The van der Waals surface area contributed by atoms with Crippen molar-refractivity contribution in [3.05, 3.63) is 6.57 Å². The lowest BCUT2D eigenvalue weighted by Crippen LogP contribution is -2.52. The van der Waals surface area contributed by atoms with Crippen LogP contribution < -0.4 is 0 Å². The highest BCUT2D eigenvalue weighted by molar-refractivity contribution is 4.56. The molecule has 1 saturated heterocycles. The largest absolute Gasteiger partial charge is 0.512 e. The fourth-order valence-corrected chi connectivity index (χ4v) is 3.82. The number of nitrogens with zero attached hydrogens (tertiary/aromatic N) is 2. The van der Waals surface area contributed by atoms with Gasteiger partial charge < -0.3 is 16.3 Å². The van der Waals surface area contributed by atoms with Crippen molar-refractivity contribution in [2.75, 3.05) is 26.2 Å². The van der Waals surface area contributed by atoms with Crippen LogP contribution in [0.15, 0.2) is 0 Å². The van der Waals surface area contributed by atoms with Crippen LogP contribution >= 0.6 is 0 Å². The van der Waals surface area contributed by atoms with E-state index in [1.165, 1.54) is 114 Å². The van der Waals surface area contributed by atoms with E-state index in [4.69, 9.17) is 11.8 Å². The van der Waals surface area contributed by atoms with Gasteiger partial charge in [0.05, 0.1) is 26.2 Å². The molecule has 0 amide bonds. The lowest BCUT2D eigenvalue weighted by molar-refractivity contribution is -0.932. The van der Waals surface area contributed by atoms with Crippen LogP contribution in [0.1, 0.15) is 97.3 Å². The van der Waals surface area contributed by atoms with E-state index in [0.29, 0.717) is 0 Å². The number of piperidine rings is 1. The molecular weight excluding hydrogens is 268 g/mol. The molecule has 1 rings (SSSR count). The highest BCUT2D eigenvalue weighted by Crippen LogP contribution is 2.22. The minimum Gasteiger partial charge on any atom is -0.512 e. The van der Waals surface area contributed by atoms with Crippen molar-refractivity contribution in [3.63, 3.8) is 0 Å². The summed E-state index contributed by atoms with van der Waals surface area (Å²) in [5.41, 5.74) is 0. The molecule has 0 N–H and O–H groups in total. The molecule has 130 valence electrons. The predicted molar refractivity (Wildman–Crippen MR) is 96.1 cm³/mol. The fourth-order valence-electron chi connectivity index (χ4n) is 3.82. The Morgan fingerprint density at radius 2 is 1.09 bits per heavy atom. The van der Waals surface area contributed by atoms with Gasteiger partial charge in [0.1, 0.15) is 0 Å². The highest BCUT2D eigenvalue weighted by Gasteiger charge is 2.28. The Bertz CT molecular complexity index is 241. The molecule has 1 heterocycles. The Labute approximate surface area is 140 Å². The zero-order valence-electron chi connectivity index (χ0n) is 15.4. The van der Waals surface area contributed by atoms with E-state index >= 15 is 0 Å². The van der Waals surface area contributed by atoms with Gasteiger partial charge in [0, 0.05) is 0 Å². The number of quaternary nitrogens is 1. The van der Waals surface area contributed by atoms with Crippen LogP contribution in [0.5, 0.6) is 0 Å². The molecule has 0 aromatic carbocycles. The van der Waals surface area contributed by atoms with Crippen molar-refractivity contribution in [2.24, 2.45) is 0 Å². The van der Waals surface area contributed by atoms with E-state index in [1.54, 1.807) is 0 Å². The smallest absolute Gasteiger partial charge is 0.0786 e. The summed E-state index contributed by atoms with van der Waals surface area (Å²) >= 11 is 0. The van der Waals surface area contributed by atoms with Crippen molar-refractivity contribution < 1.29 is 4.48 Å². The van der Waals surface area contributed by atoms with Crippen LogP contribution in [-0.2, 0) is 0 Å². The summed E-state index contributed by atoms with van der Waals surface area (Å²) in [6.07, 6.45) is 19.0. The third-order valence-electron chi connectivity index (χ3n) is 5.24. The second-order valence-corrected chi connectivity index (χ2v) is 7.13. The topological polar surface area (TPSA) is 23.8 Å². The summed E-state index contributed by atoms with van der Waals surface area (Å²) in [5.74, 6) is 0. The lowest BCUT2D eigenvalue weighted by Gasteiger charge is -2.42. The third kappa shape index (κ3) is 10.2. The maximum Gasteiger partial charge on any atom is 0.0786 e. The van der Waals surface area contributed by atoms with Gasteiger partial charge in [-0.15, -0.1) is 0 Å². The van der Waals surface area contributed by atoms with E-state index in [9.17, 15) is 0 Å². The molecule has 0 aromatic rings. The molecule has 22 heavy (non-hydrogen) atoms. The first kappa shape index (κ1) is 21.4. The average molecular weight is 309 g/mol. The predicted octanol–water partition coefficient (Wildman–Crippen LogP) is 6.02. The fraction of sp³-hybridized carbons (Fsp3) is 0.950. The molecule has 0 aliphatic carbocycles. The van der Waals surface area contributed by atoms with E-state index < -0.39 is 0 Å². The molecule has 2 heteroatoms. The monoisotopic (exact) mass is 308 g/mol. The molecule has 0 saturated carbocycles. The van der Waals surface area contributed by atoms with E-state index in [0.717, 1.165) is 0 Å². The minimum absolute atomic E-state index is 1.37. The van der Waals surface area contributed by atoms with Gasteiger partial charge in [0.2, 0.25) is 0 Å². The molecule has 1 fully saturated rings. The molecule has 0 bridgehead atoms. The summed E-state index contributed by atoms with van der Waals surface area (Å²) in [5, 5.41) is 6.25. The second-order valence-electron chi connectivity index (χ2n) is 7.13. The van der Waals surface area contributed by atoms with Gasteiger partial charge in [-0.2, -0.15) is 0 Å². The van der Waals surface area contributed by atoms with Crippen molar-refractivity contribution in [2.45, 2.75) is 97.3 Å². The first-order valence-electron chi connectivity index (χ1n) is 9.90. The quantitative estimate of drug-likeness (QED) is 0.245. The molecule has 1 aliphatic rings. The Hall–Kier alpha value is -0.550. The molecular formula is C20H40N2. The molecule has 0 unspecified atom stereocenters. The maximum atomic E-state index is 6.25. The van der Waals surface area contributed by atoms with Gasteiger partial charge in [-0.05, 0) is 38.5 Å². The first-order valence-corrected chi connectivity index (χ1v) is 9.90. The Morgan fingerprint density at radius 3 is 1.64 bits per heavy atom. The van der Waals surface area contributed by atoms with Crippen LogP contribution in [0.25, 0.3) is 0 Å². The molecule has 0 atom stereocenters.